The monoisotopic (exact) mass is 249 g/mol. The van der Waals surface area contributed by atoms with E-state index in [4.69, 9.17) is 9.84 Å². The number of rotatable bonds is 6. The first-order valence-electron chi connectivity index (χ1n) is 5.84. The second-order valence-corrected chi connectivity index (χ2v) is 4.05. The highest BCUT2D eigenvalue weighted by Gasteiger charge is 2.04. The van der Waals surface area contributed by atoms with Crippen molar-refractivity contribution in [3.05, 3.63) is 47.2 Å². The lowest BCUT2D eigenvalue weighted by molar-refractivity contribution is 0.0945. The Hall–Kier alpha value is -1.81. The number of hydrogen-bond donors (Lipinski definition) is 2. The molecule has 98 valence electrons. The summed E-state index contributed by atoms with van der Waals surface area (Å²) in [4.78, 5) is 11.6. The zero-order valence-electron chi connectivity index (χ0n) is 10.8. The zero-order valence-corrected chi connectivity index (χ0v) is 10.8. The fourth-order valence-corrected chi connectivity index (χ4v) is 1.61. The van der Waals surface area contributed by atoms with E-state index in [9.17, 15) is 4.79 Å². The molecule has 0 fully saturated rings. The van der Waals surface area contributed by atoms with Crippen LogP contribution in [0.3, 0.4) is 0 Å². The smallest absolute Gasteiger partial charge is 0.251 e. The standard InChI is InChI=1S/C14H19NO3/c1-11(10-18-2)9-12-3-5-13(6-4-12)14(17)15-7-8-16/h3-6,10,16H,7-9H2,1-2H3,(H,15,17)/b11-10+. The third kappa shape index (κ3) is 4.59. The van der Waals surface area contributed by atoms with Crippen LogP contribution in [0, 0.1) is 0 Å². The topological polar surface area (TPSA) is 58.6 Å². The fourth-order valence-electron chi connectivity index (χ4n) is 1.61. The average Bonchev–Trinajstić information content (AvgIpc) is 2.37. The number of benzene rings is 1. The summed E-state index contributed by atoms with van der Waals surface area (Å²) in [5.74, 6) is -0.167. The minimum Gasteiger partial charge on any atom is -0.504 e. The predicted molar refractivity (Wildman–Crippen MR) is 70.3 cm³/mol. The van der Waals surface area contributed by atoms with Gasteiger partial charge in [0.25, 0.3) is 5.91 Å². The molecule has 1 aromatic carbocycles. The van der Waals surface area contributed by atoms with E-state index in [1.807, 2.05) is 19.1 Å². The third-order valence-corrected chi connectivity index (χ3v) is 2.42. The average molecular weight is 249 g/mol. The third-order valence-electron chi connectivity index (χ3n) is 2.42. The Morgan fingerprint density at radius 2 is 2.06 bits per heavy atom. The summed E-state index contributed by atoms with van der Waals surface area (Å²) in [6, 6.07) is 7.39. The van der Waals surface area contributed by atoms with Gasteiger partial charge in [-0.1, -0.05) is 12.1 Å². The number of aliphatic hydroxyl groups is 1. The van der Waals surface area contributed by atoms with Crippen LogP contribution in [0.25, 0.3) is 0 Å². The Morgan fingerprint density at radius 3 is 2.61 bits per heavy atom. The first-order chi connectivity index (χ1) is 8.67. The van der Waals surface area contributed by atoms with Crippen molar-refractivity contribution < 1.29 is 14.6 Å². The van der Waals surface area contributed by atoms with Gasteiger partial charge in [-0.05, 0) is 36.6 Å². The van der Waals surface area contributed by atoms with Crippen molar-refractivity contribution in [2.75, 3.05) is 20.3 Å². The summed E-state index contributed by atoms with van der Waals surface area (Å²) in [5.41, 5.74) is 2.84. The van der Waals surface area contributed by atoms with Crippen LogP contribution in [0.4, 0.5) is 0 Å². The van der Waals surface area contributed by atoms with Crippen LogP contribution in [0.1, 0.15) is 22.8 Å². The fraction of sp³-hybridized carbons (Fsp3) is 0.357. The number of hydrogen-bond acceptors (Lipinski definition) is 3. The number of amides is 1. The van der Waals surface area contributed by atoms with Gasteiger partial charge in [-0.15, -0.1) is 0 Å². The molecule has 0 aliphatic heterocycles. The highest BCUT2D eigenvalue weighted by atomic mass is 16.5. The summed E-state index contributed by atoms with van der Waals surface area (Å²) >= 11 is 0. The van der Waals surface area contributed by atoms with Crippen molar-refractivity contribution >= 4 is 5.91 Å². The molecule has 2 N–H and O–H groups in total. The molecule has 0 atom stereocenters. The first-order valence-corrected chi connectivity index (χ1v) is 5.84. The number of aliphatic hydroxyl groups excluding tert-OH is 1. The van der Waals surface area contributed by atoms with Gasteiger partial charge in [0.2, 0.25) is 0 Å². The van der Waals surface area contributed by atoms with Crippen LogP contribution >= 0.6 is 0 Å². The maximum atomic E-state index is 11.6. The maximum Gasteiger partial charge on any atom is 0.251 e. The SMILES string of the molecule is CO/C=C(\C)Cc1ccc(C(=O)NCCO)cc1. The second kappa shape index (κ2) is 7.50. The lowest BCUT2D eigenvalue weighted by atomic mass is 10.1. The molecular formula is C14H19NO3. The van der Waals surface area contributed by atoms with Gasteiger partial charge in [-0.2, -0.15) is 0 Å². The van der Waals surface area contributed by atoms with Gasteiger partial charge in [0.15, 0.2) is 0 Å². The molecule has 0 radical (unpaired) electrons. The maximum absolute atomic E-state index is 11.6. The van der Waals surface area contributed by atoms with Gasteiger partial charge in [0.1, 0.15) is 0 Å². The lowest BCUT2D eigenvalue weighted by Gasteiger charge is -2.05. The van der Waals surface area contributed by atoms with Crippen molar-refractivity contribution in [3.63, 3.8) is 0 Å². The van der Waals surface area contributed by atoms with Crippen LogP contribution in [0.5, 0.6) is 0 Å². The largest absolute Gasteiger partial charge is 0.504 e. The number of carbonyl (C=O) groups is 1. The molecule has 0 saturated carbocycles. The molecule has 0 aliphatic carbocycles. The highest BCUT2D eigenvalue weighted by molar-refractivity contribution is 5.94. The van der Waals surface area contributed by atoms with Gasteiger partial charge in [-0.3, -0.25) is 4.79 Å². The summed E-state index contributed by atoms with van der Waals surface area (Å²) in [5, 5.41) is 11.2. The molecule has 0 spiro atoms. The van der Waals surface area contributed by atoms with E-state index in [2.05, 4.69) is 5.32 Å². The minimum absolute atomic E-state index is 0.0508. The Bertz CT molecular complexity index is 410. The zero-order chi connectivity index (χ0) is 13.4. The molecule has 1 rings (SSSR count). The number of carbonyl (C=O) groups excluding carboxylic acids is 1. The molecule has 0 aromatic heterocycles. The molecule has 4 nitrogen and oxygen atoms in total. The van der Waals surface area contributed by atoms with Crippen LogP contribution < -0.4 is 5.32 Å². The Balaban J connectivity index is 2.62. The van der Waals surface area contributed by atoms with Crippen molar-refractivity contribution in [2.45, 2.75) is 13.3 Å². The van der Waals surface area contributed by atoms with Crippen LogP contribution in [-0.2, 0) is 11.2 Å². The molecule has 0 heterocycles. The lowest BCUT2D eigenvalue weighted by Crippen LogP contribution is -2.26. The van der Waals surface area contributed by atoms with E-state index in [-0.39, 0.29) is 19.1 Å². The summed E-state index contributed by atoms with van der Waals surface area (Å²) in [6.45, 7) is 2.21. The van der Waals surface area contributed by atoms with E-state index in [0.717, 1.165) is 17.6 Å². The molecule has 0 unspecified atom stereocenters. The van der Waals surface area contributed by atoms with Crippen LogP contribution in [-0.4, -0.2) is 31.3 Å². The molecule has 18 heavy (non-hydrogen) atoms. The number of nitrogens with one attached hydrogen (secondary N) is 1. The van der Waals surface area contributed by atoms with Gasteiger partial charge in [-0.25, -0.2) is 0 Å². The second-order valence-electron chi connectivity index (χ2n) is 4.05. The number of allylic oxidation sites excluding steroid dienone is 1. The quantitative estimate of drug-likeness (QED) is 0.751. The molecular weight excluding hydrogens is 230 g/mol. The summed E-state index contributed by atoms with van der Waals surface area (Å²) in [6.07, 6.45) is 2.51. The van der Waals surface area contributed by atoms with Crippen molar-refractivity contribution in [3.8, 4) is 0 Å². The van der Waals surface area contributed by atoms with Crippen LogP contribution in [0.15, 0.2) is 36.1 Å². The minimum atomic E-state index is -0.167. The summed E-state index contributed by atoms with van der Waals surface area (Å²) < 4.78 is 4.93. The Labute approximate surface area is 107 Å². The van der Waals surface area contributed by atoms with E-state index in [0.29, 0.717) is 5.56 Å². The Morgan fingerprint density at radius 1 is 1.39 bits per heavy atom. The van der Waals surface area contributed by atoms with E-state index in [1.54, 1.807) is 25.5 Å². The number of ether oxygens (including phenoxy) is 1. The number of methoxy groups -OCH3 is 1. The highest BCUT2D eigenvalue weighted by Crippen LogP contribution is 2.09. The van der Waals surface area contributed by atoms with Crippen molar-refractivity contribution in [1.29, 1.82) is 0 Å². The van der Waals surface area contributed by atoms with Gasteiger partial charge < -0.3 is 15.2 Å². The molecule has 0 aliphatic rings. The normalized spacial score (nSPS) is 11.2. The molecule has 1 aromatic rings. The van der Waals surface area contributed by atoms with Crippen LogP contribution in [0.2, 0.25) is 0 Å². The van der Waals surface area contributed by atoms with E-state index in [1.165, 1.54) is 0 Å². The molecule has 4 heteroatoms. The first kappa shape index (κ1) is 14.3. The van der Waals surface area contributed by atoms with E-state index >= 15 is 0 Å². The van der Waals surface area contributed by atoms with Crippen molar-refractivity contribution in [1.82, 2.24) is 5.32 Å². The molecule has 1 amide bonds. The Kier molecular flexibility index (Phi) is 5.94. The summed E-state index contributed by atoms with van der Waals surface area (Å²) in [7, 11) is 1.62. The van der Waals surface area contributed by atoms with Gasteiger partial charge >= 0.3 is 0 Å². The van der Waals surface area contributed by atoms with Gasteiger partial charge in [0, 0.05) is 12.1 Å². The van der Waals surface area contributed by atoms with Crippen molar-refractivity contribution in [2.24, 2.45) is 0 Å². The molecule has 0 saturated heterocycles. The van der Waals surface area contributed by atoms with Gasteiger partial charge in [0.05, 0.1) is 20.0 Å². The van der Waals surface area contributed by atoms with E-state index < -0.39 is 0 Å². The molecule has 0 bridgehead atoms. The predicted octanol–water partition coefficient (Wildman–Crippen LogP) is 1.50.